The first-order chi connectivity index (χ1) is 15.2. The largest absolute Gasteiger partial charge is 0.493 e. The van der Waals surface area contributed by atoms with Gasteiger partial charge in [-0.3, -0.25) is 4.79 Å². The smallest absolute Gasteiger partial charge is 0.258 e. The Morgan fingerprint density at radius 1 is 0.935 bits per heavy atom. The van der Waals surface area contributed by atoms with Crippen molar-refractivity contribution in [1.82, 2.24) is 5.32 Å². The monoisotopic (exact) mass is 416 g/mol. The molecule has 5 nitrogen and oxygen atoms in total. The van der Waals surface area contributed by atoms with Gasteiger partial charge < -0.3 is 19.7 Å². The van der Waals surface area contributed by atoms with Gasteiger partial charge in [0.25, 0.3) is 5.91 Å². The molecule has 1 aliphatic heterocycles. The van der Waals surface area contributed by atoms with Crippen LogP contribution in [0.3, 0.4) is 0 Å². The summed E-state index contributed by atoms with van der Waals surface area (Å²) in [6.07, 6.45) is 2.20. The van der Waals surface area contributed by atoms with Crippen LogP contribution >= 0.6 is 0 Å². The molecule has 3 aromatic carbocycles. The van der Waals surface area contributed by atoms with Gasteiger partial charge in [0.15, 0.2) is 11.5 Å². The molecule has 4 rings (SSSR count). The van der Waals surface area contributed by atoms with Crippen molar-refractivity contribution in [2.75, 3.05) is 32.2 Å². The Hall–Kier alpha value is -3.31. The number of nitrogens with one attached hydrogen (secondary N) is 1. The van der Waals surface area contributed by atoms with Gasteiger partial charge in [-0.2, -0.15) is 0 Å². The maximum atomic E-state index is 13.7. The van der Waals surface area contributed by atoms with Gasteiger partial charge in [0.1, 0.15) is 0 Å². The molecule has 1 atom stereocenters. The lowest BCUT2D eigenvalue weighted by Gasteiger charge is -2.27. The summed E-state index contributed by atoms with van der Waals surface area (Å²) in [6.45, 7) is 1.61. The third kappa shape index (κ3) is 4.72. The van der Waals surface area contributed by atoms with Crippen LogP contribution < -0.4 is 19.7 Å². The second-order valence-electron chi connectivity index (χ2n) is 7.70. The normalized spacial score (nSPS) is 15.5. The number of hydrogen-bond acceptors (Lipinski definition) is 4. The van der Waals surface area contributed by atoms with E-state index < -0.39 is 0 Å². The van der Waals surface area contributed by atoms with Crippen molar-refractivity contribution in [3.8, 4) is 22.6 Å². The predicted molar refractivity (Wildman–Crippen MR) is 124 cm³/mol. The van der Waals surface area contributed by atoms with Gasteiger partial charge in [-0.1, -0.05) is 42.5 Å². The number of benzene rings is 3. The summed E-state index contributed by atoms with van der Waals surface area (Å²) in [7, 11) is 3.17. The Morgan fingerprint density at radius 2 is 1.71 bits per heavy atom. The molecule has 1 amide bonds. The molecule has 0 spiro atoms. The number of methoxy groups -OCH3 is 2. The maximum Gasteiger partial charge on any atom is 0.258 e. The highest BCUT2D eigenvalue weighted by atomic mass is 16.5. The van der Waals surface area contributed by atoms with Crippen molar-refractivity contribution >= 4 is 11.6 Å². The van der Waals surface area contributed by atoms with Crippen LogP contribution in [-0.2, 0) is 0 Å². The van der Waals surface area contributed by atoms with Gasteiger partial charge >= 0.3 is 0 Å². The summed E-state index contributed by atoms with van der Waals surface area (Å²) in [5, 5.41) is 3.51. The van der Waals surface area contributed by atoms with E-state index in [-0.39, 0.29) is 11.9 Å². The molecule has 1 heterocycles. The van der Waals surface area contributed by atoms with Crippen LogP contribution in [-0.4, -0.2) is 39.3 Å². The first kappa shape index (κ1) is 20.9. The molecule has 0 saturated carbocycles. The number of hydrogen-bond donors (Lipinski definition) is 1. The molecule has 0 aliphatic carbocycles. The third-order valence-electron chi connectivity index (χ3n) is 5.71. The Kier molecular flexibility index (Phi) is 6.53. The standard InChI is InChI=1S/C26H28N2O3/c1-30-24-14-13-21(17-25(24)31-2)26(29)28(18-22-11-7-15-27-22)23-12-6-10-20(16-23)19-8-4-3-5-9-19/h3-6,8-10,12-14,16-17,22,27H,7,11,15,18H2,1-2H3. The molecule has 1 unspecified atom stereocenters. The summed E-state index contributed by atoms with van der Waals surface area (Å²) >= 11 is 0. The lowest BCUT2D eigenvalue weighted by atomic mass is 10.0. The number of anilines is 1. The summed E-state index contributed by atoms with van der Waals surface area (Å²) in [6, 6.07) is 24.0. The number of carbonyl (C=O) groups is 1. The number of amides is 1. The van der Waals surface area contributed by atoms with Crippen molar-refractivity contribution in [2.24, 2.45) is 0 Å². The van der Waals surface area contributed by atoms with Crippen LogP contribution in [0.4, 0.5) is 5.69 Å². The lowest BCUT2D eigenvalue weighted by molar-refractivity contribution is 0.0984. The molecule has 1 aliphatic rings. The van der Waals surface area contributed by atoms with E-state index in [2.05, 4.69) is 29.6 Å². The summed E-state index contributed by atoms with van der Waals surface area (Å²) in [5.41, 5.74) is 3.67. The first-order valence-corrected chi connectivity index (χ1v) is 10.6. The molecule has 0 aromatic heterocycles. The molecule has 31 heavy (non-hydrogen) atoms. The SMILES string of the molecule is COc1ccc(C(=O)N(CC2CCCN2)c2cccc(-c3ccccc3)c2)cc1OC. The number of rotatable bonds is 7. The van der Waals surface area contributed by atoms with E-state index in [1.54, 1.807) is 32.4 Å². The van der Waals surface area contributed by atoms with Crippen LogP contribution in [0.2, 0.25) is 0 Å². The molecule has 1 N–H and O–H groups in total. The summed E-state index contributed by atoms with van der Waals surface area (Å²) in [4.78, 5) is 15.5. The fourth-order valence-corrected chi connectivity index (χ4v) is 4.05. The highest BCUT2D eigenvalue weighted by Crippen LogP contribution is 2.30. The van der Waals surface area contributed by atoms with E-state index >= 15 is 0 Å². The molecule has 1 saturated heterocycles. The van der Waals surface area contributed by atoms with Crippen LogP contribution in [0.15, 0.2) is 72.8 Å². The Morgan fingerprint density at radius 3 is 2.42 bits per heavy atom. The minimum absolute atomic E-state index is 0.0557. The van der Waals surface area contributed by atoms with Crippen molar-refractivity contribution in [3.05, 3.63) is 78.4 Å². The Labute approximate surface area is 183 Å². The number of ether oxygens (including phenoxy) is 2. The van der Waals surface area contributed by atoms with Gasteiger partial charge in [-0.25, -0.2) is 0 Å². The summed E-state index contributed by atoms with van der Waals surface area (Å²) < 4.78 is 10.7. The van der Waals surface area contributed by atoms with Crippen LogP contribution in [0.1, 0.15) is 23.2 Å². The highest BCUT2D eigenvalue weighted by molar-refractivity contribution is 6.06. The zero-order valence-electron chi connectivity index (χ0n) is 18.0. The average molecular weight is 417 g/mol. The minimum Gasteiger partial charge on any atom is -0.493 e. The maximum absolute atomic E-state index is 13.7. The van der Waals surface area contributed by atoms with Gasteiger partial charge in [0.2, 0.25) is 0 Å². The van der Waals surface area contributed by atoms with Crippen LogP contribution in [0.5, 0.6) is 11.5 Å². The molecule has 5 heteroatoms. The van der Waals surface area contributed by atoms with E-state index in [0.717, 1.165) is 36.2 Å². The fraction of sp³-hybridized carbons (Fsp3) is 0.269. The Bertz CT molecular complexity index is 1030. The number of carbonyl (C=O) groups excluding carboxylic acids is 1. The van der Waals surface area contributed by atoms with E-state index in [9.17, 15) is 4.79 Å². The van der Waals surface area contributed by atoms with Crippen molar-refractivity contribution in [2.45, 2.75) is 18.9 Å². The topological polar surface area (TPSA) is 50.8 Å². The van der Waals surface area contributed by atoms with Gasteiger partial charge in [-0.05, 0) is 60.8 Å². The van der Waals surface area contributed by atoms with Crippen LogP contribution in [0, 0.1) is 0 Å². The fourth-order valence-electron chi connectivity index (χ4n) is 4.05. The molecule has 3 aromatic rings. The third-order valence-corrected chi connectivity index (χ3v) is 5.71. The first-order valence-electron chi connectivity index (χ1n) is 10.6. The van der Waals surface area contributed by atoms with Crippen LogP contribution in [0.25, 0.3) is 11.1 Å². The zero-order chi connectivity index (χ0) is 21.6. The predicted octanol–water partition coefficient (Wildman–Crippen LogP) is 4.77. The van der Waals surface area contributed by atoms with E-state index in [4.69, 9.17) is 9.47 Å². The zero-order valence-corrected chi connectivity index (χ0v) is 18.0. The van der Waals surface area contributed by atoms with Gasteiger partial charge in [0.05, 0.1) is 14.2 Å². The quantitative estimate of drug-likeness (QED) is 0.603. The minimum atomic E-state index is -0.0557. The molecule has 160 valence electrons. The molecule has 0 bridgehead atoms. The van der Waals surface area contributed by atoms with Gasteiger partial charge in [0, 0.05) is 23.8 Å². The summed E-state index contributed by atoms with van der Waals surface area (Å²) in [5.74, 6) is 1.10. The van der Waals surface area contributed by atoms with Crippen molar-refractivity contribution in [1.29, 1.82) is 0 Å². The molecular formula is C26H28N2O3. The van der Waals surface area contributed by atoms with E-state index in [1.165, 1.54) is 0 Å². The molecule has 0 radical (unpaired) electrons. The lowest BCUT2D eigenvalue weighted by Crippen LogP contribution is -2.41. The van der Waals surface area contributed by atoms with E-state index in [0.29, 0.717) is 23.6 Å². The highest BCUT2D eigenvalue weighted by Gasteiger charge is 2.25. The second kappa shape index (κ2) is 9.67. The van der Waals surface area contributed by atoms with Crippen molar-refractivity contribution in [3.63, 3.8) is 0 Å². The molecule has 1 fully saturated rings. The van der Waals surface area contributed by atoms with Crippen molar-refractivity contribution < 1.29 is 14.3 Å². The van der Waals surface area contributed by atoms with Gasteiger partial charge in [-0.15, -0.1) is 0 Å². The average Bonchev–Trinajstić information content (AvgIpc) is 3.35. The second-order valence-corrected chi connectivity index (χ2v) is 7.70. The van der Waals surface area contributed by atoms with E-state index in [1.807, 2.05) is 35.2 Å². The Balaban J connectivity index is 1.70. The number of nitrogens with zero attached hydrogens (tertiary/aromatic N) is 1. The molecular weight excluding hydrogens is 388 g/mol.